The summed E-state index contributed by atoms with van der Waals surface area (Å²) in [6, 6.07) is 8.24. The third-order valence-corrected chi connectivity index (χ3v) is 11.0. The van der Waals surface area contributed by atoms with E-state index in [1.54, 1.807) is 35.6 Å². The molecule has 0 aliphatic carbocycles. The Labute approximate surface area is 355 Å². The molecule has 61 heavy (non-hydrogen) atoms. The molecule has 16 nitrogen and oxygen atoms in total. The number of aryl methyl sites for hydroxylation is 2. The zero-order chi connectivity index (χ0) is 43.0. The van der Waals surface area contributed by atoms with Crippen LogP contribution in [0.2, 0.25) is 5.15 Å². The first-order chi connectivity index (χ1) is 29.5. The van der Waals surface area contributed by atoms with Crippen LogP contribution in [0.25, 0.3) is 16.8 Å². The summed E-state index contributed by atoms with van der Waals surface area (Å²) >= 11 is 5.82. The average molecular weight is 855 g/mol. The van der Waals surface area contributed by atoms with Crippen molar-refractivity contribution in [3.05, 3.63) is 99.7 Å². The van der Waals surface area contributed by atoms with Gasteiger partial charge in [-0.25, -0.2) is 13.8 Å². The van der Waals surface area contributed by atoms with E-state index in [9.17, 15) is 18.4 Å². The molecule has 3 saturated heterocycles. The van der Waals surface area contributed by atoms with Gasteiger partial charge in [-0.3, -0.25) is 29.6 Å². The Bertz CT molecular complexity index is 2390. The third kappa shape index (κ3) is 9.88. The first kappa shape index (κ1) is 42.9. The molecule has 0 bridgehead atoms. The maximum absolute atomic E-state index is 13.9. The Morgan fingerprint density at radius 2 is 1.70 bits per heavy atom. The van der Waals surface area contributed by atoms with Gasteiger partial charge in [-0.1, -0.05) is 23.7 Å². The number of halogens is 3. The number of anilines is 2. The van der Waals surface area contributed by atoms with Crippen LogP contribution in [-0.2, 0) is 27.2 Å². The van der Waals surface area contributed by atoms with Crippen molar-refractivity contribution in [2.75, 3.05) is 49.2 Å². The number of aromatic nitrogens is 7. The van der Waals surface area contributed by atoms with Gasteiger partial charge in [0, 0.05) is 73.8 Å². The number of pyridine rings is 1. The van der Waals surface area contributed by atoms with Crippen molar-refractivity contribution in [2.45, 2.75) is 45.6 Å². The number of amides is 2. The van der Waals surface area contributed by atoms with Gasteiger partial charge in [0.2, 0.25) is 11.8 Å². The number of ether oxygens (including phenoxy) is 2. The minimum Gasteiger partial charge on any atom is -0.485 e. The monoisotopic (exact) mass is 854 g/mol. The van der Waals surface area contributed by atoms with E-state index in [4.69, 9.17) is 31.9 Å². The Morgan fingerprint density at radius 1 is 0.951 bits per heavy atom. The molecule has 8 rings (SSSR count). The Hall–Kier alpha value is -6.24. The molecule has 0 saturated carbocycles. The van der Waals surface area contributed by atoms with Crippen LogP contribution in [-0.4, -0.2) is 105 Å². The van der Waals surface area contributed by atoms with Gasteiger partial charge in [0.15, 0.2) is 29.0 Å². The van der Waals surface area contributed by atoms with Crippen LogP contribution in [0.3, 0.4) is 0 Å². The molecule has 2 amide bonds. The molecule has 5 N–H and O–H groups in total. The highest BCUT2D eigenvalue weighted by atomic mass is 35.5. The molecule has 7 heterocycles. The van der Waals surface area contributed by atoms with Gasteiger partial charge in [-0.15, -0.1) is 0 Å². The van der Waals surface area contributed by atoms with Gasteiger partial charge in [-0.05, 0) is 80.0 Å². The van der Waals surface area contributed by atoms with E-state index >= 15 is 0 Å². The minimum atomic E-state index is -0.925. The lowest BCUT2D eigenvalue weighted by atomic mass is 9.96. The SMILES string of the molecule is Cc1cc(CC2CCN(c3n[nH]c(/C(C=N)=C/C=N)c3OCC3CNCCO3)C2=O)cc(F)c1F.Cc1cnncc1-c1cc(N2CCC(Cc3ccc(Cl)nc3)C2=O)n[nH]1. The second-order valence-electron chi connectivity index (χ2n) is 15.0. The van der Waals surface area contributed by atoms with Gasteiger partial charge in [0.25, 0.3) is 0 Å². The molecular weight excluding hydrogens is 810 g/mol. The van der Waals surface area contributed by atoms with E-state index in [1.807, 2.05) is 19.1 Å². The van der Waals surface area contributed by atoms with Crippen molar-refractivity contribution in [1.82, 2.24) is 40.9 Å². The van der Waals surface area contributed by atoms with Gasteiger partial charge in [-0.2, -0.15) is 20.4 Å². The second kappa shape index (κ2) is 19.4. The number of nitrogens with one attached hydrogen (secondary N) is 5. The van der Waals surface area contributed by atoms with Crippen molar-refractivity contribution in [3.63, 3.8) is 0 Å². The summed E-state index contributed by atoms with van der Waals surface area (Å²) in [5, 5.41) is 41.0. The summed E-state index contributed by atoms with van der Waals surface area (Å²) in [7, 11) is 0. The summed E-state index contributed by atoms with van der Waals surface area (Å²) in [5.74, 6) is -1.18. The lowest BCUT2D eigenvalue weighted by molar-refractivity contribution is -0.121. The lowest BCUT2D eigenvalue weighted by Crippen LogP contribution is -2.41. The number of allylic oxidation sites excluding steroid dienone is 2. The zero-order valence-corrected chi connectivity index (χ0v) is 34.3. The fourth-order valence-corrected chi connectivity index (χ4v) is 7.70. The number of nitrogens with zero attached hydrogens (tertiary/aromatic N) is 7. The number of rotatable bonds is 13. The summed E-state index contributed by atoms with van der Waals surface area (Å²) < 4.78 is 39.3. The molecule has 19 heteroatoms. The molecule has 0 spiro atoms. The van der Waals surface area contributed by atoms with E-state index in [0.717, 1.165) is 53.8 Å². The number of carbonyl (C=O) groups is 2. The number of morpholine rings is 1. The summed E-state index contributed by atoms with van der Waals surface area (Å²) in [4.78, 5) is 33.4. The normalized spacial score (nSPS) is 19.2. The first-order valence-corrected chi connectivity index (χ1v) is 20.2. The molecule has 5 aromatic rings. The molecule has 3 aliphatic rings. The fraction of sp³-hybridized carbons (Fsp3) is 0.357. The van der Waals surface area contributed by atoms with Gasteiger partial charge < -0.3 is 25.6 Å². The van der Waals surface area contributed by atoms with Gasteiger partial charge >= 0.3 is 0 Å². The second-order valence-corrected chi connectivity index (χ2v) is 15.4. The highest BCUT2D eigenvalue weighted by Gasteiger charge is 2.37. The number of H-pyrrole nitrogens is 2. The molecule has 3 unspecified atom stereocenters. The van der Waals surface area contributed by atoms with Crippen LogP contribution in [0.5, 0.6) is 5.75 Å². The lowest BCUT2D eigenvalue weighted by Gasteiger charge is -2.24. The smallest absolute Gasteiger partial charge is 0.231 e. The van der Waals surface area contributed by atoms with Crippen LogP contribution < -0.4 is 19.9 Å². The predicted octanol–water partition coefficient (Wildman–Crippen LogP) is 5.46. The van der Waals surface area contributed by atoms with Crippen LogP contribution in [0.15, 0.2) is 55.0 Å². The van der Waals surface area contributed by atoms with Crippen molar-refractivity contribution in [3.8, 4) is 17.0 Å². The van der Waals surface area contributed by atoms with Crippen LogP contribution >= 0.6 is 11.6 Å². The molecule has 3 atom stereocenters. The highest BCUT2D eigenvalue weighted by molar-refractivity contribution is 6.29. The Balaban J connectivity index is 0.000000192. The Kier molecular flexibility index (Phi) is 13.7. The first-order valence-electron chi connectivity index (χ1n) is 19.8. The third-order valence-electron chi connectivity index (χ3n) is 10.8. The molecule has 3 aliphatic heterocycles. The van der Waals surface area contributed by atoms with E-state index in [2.05, 4.69) is 40.9 Å². The number of carbonyl (C=O) groups excluding carboxylic acids is 2. The van der Waals surface area contributed by atoms with Crippen LogP contribution in [0.4, 0.5) is 20.4 Å². The van der Waals surface area contributed by atoms with Gasteiger partial charge in [0.1, 0.15) is 23.6 Å². The minimum absolute atomic E-state index is 0.0672. The van der Waals surface area contributed by atoms with Crippen molar-refractivity contribution < 1.29 is 27.8 Å². The number of aromatic amines is 2. The van der Waals surface area contributed by atoms with Crippen molar-refractivity contribution >= 4 is 53.1 Å². The quantitative estimate of drug-likeness (QED) is 0.0745. The Morgan fingerprint density at radius 3 is 2.39 bits per heavy atom. The topological polar surface area (TPSA) is 215 Å². The highest BCUT2D eigenvalue weighted by Crippen LogP contribution is 2.38. The predicted molar refractivity (Wildman–Crippen MR) is 225 cm³/mol. The average Bonchev–Trinajstić information content (AvgIpc) is 4.07. The number of hydrogen-bond acceptors (Lipinski definition) is 12. The van der Waals surface area contributed by atoms with Crippen LogP contribution in [0, 0.1) is 48.1 Å². The molecule has 3 fully saturated rings. The van der Waals surface area contributed by atoms with Crippen LogP contribution in [0.1, 0.15) is 40.8 Å². The van der Waals surface area contributed by atoms with E-state index in [0.29, 0.717) is 72.6 Å². The maximum Gasteiger partial charge on any atom is 0.231 e. The zero-order valence-electron chi connectivity index (χ0n) is 33.6. The van der Waals surface area contributed by atoms with Crippen molar-refractivity contribution in [2.24, 2.45) is 11.8 Å². The standard InChI is InChI=1S/C24H28F2N6O3.C18H17ClN6O/c1-14-8-15(10-19(25)20(14)26)9-16-3-6-32(24(16)33)23-22(35-13-18-12-29-5-7-34-18)21(30-31-23)17(11-28)2-4-27;1-11-8-21-22-10-14(11)15-7-17(24-23-15)25-5-4-13(18(25)26)6-12-2-3-16(19)20-9-12/h2,4,8,10-11,16,18,27-29H,3,5-7,9,12-13H2,1H3,(H,30,31);2-3,7-10,13H,4-6H2,1H3,(H,23,24)/b17-2+,27-4?,28-11?;. The molecular formula is C42H45ClF2N12O4. The fourth-order valence-electron chi connectivity index (χ4n) is 7.59. The maximum atomic E-state index is 13.9. The number of hydrogen-bond donors (Lipinski definition) is 5. The molecule has 0 radical (unpaired) electrons. The molecule has 4 aromatic heterocycles. The summed E-state index contributed by atoms with van der Waals surface area (Å²) in [6.45, 7) is 6.64. The largest absolute Gasteiger partial charge is 0.485 e. The van der Waals surface area contributed by atoms with Gasteiger partial charge in [0.05, 0.1) is 24.7 Å². The van der Waals surface area contributed by atoms with Crippen molar-refractivity contribution in [1.29, 1.82) is 10.8 Å². The molecule has 318 valence electrons. The number of benzene rings is 1. The molecule has 1 aromatic carbocycles. The van der Waals surface area contributed by atoms with E-state index < -0.39 is 17.6 Å². The summed E-state index contributed by atoms with van der Waals surface area (Å²) in [6.07, 6.45) is 10.7. The van der Waals surface area contributed by atoms with E-state index in [1.165, 1.54) is 17.9 Å². The summed E-state index contributed by atoms with van der Waals surface area (Å²) in [5.41, 5.74) is 5.27. The van der Waals surface area contributed by atoms with E-state index in [-0.39, 0.29) is 48.2 Å².